The normalized spacial score (nSPS) is 17.8. The van der Waals surface area contributed by atoms with Gasteiger partial charge in [0.05, 0.1) is 12.5 Å². The first-order valence-electron chi connectivity index (χ1n) is 10.7. The molecule has 2 aromatic rings. The second-order valence-corrected chi connectivity index (χ2v) is 9.25. The molecule has 5 nitrogen and oxygen atoms in total. The molecule has 0 aromatic heterocycles. The van der Waals surface area contributed by atoms with Gasteiger partial charge < -0.3 is 10.2 Å². The van der Waals surface area contributed by atoms with E-state index >= 15 is 0 Å². The van der Waals surface area contributed by atoms with Crippen LogP contribution in [0.3, 0.4) is 0 Å². The van der Waals surface area contributed by atoms with Crippen molar-refractivity contribution in [1.82, 2.24) is 9.80 Å². The smallest absolute Gasteiger partial charge is 0.241 e. The molecule has 6 heteroatoms. The maximum absolute atomic E-state index is 12.8. The van der Waals surface area contributed by atoms with E-state index in [0.717, 1.165) is 55.4 Å². The number of fused-ring (bicyclic) bond motifs is 1. The maximum atomic E-state index is 12.8. The molecule has 4 rings (SSSR count). The van der Waals surface area contributed by atoms with E-state index in [0.29, 0.717) is 6.42 Å². The quantitative estimate of drug-likeness (QED) is 0.803. The van der Waals surface area contributed by atoms with Gasteiger partial charge in [0, 0.05) is 43.4 Å². The number of carbonyl (C=O) groups is 2. The molecule has 0 aliphatic carbocycles. The average Bonchev–Trinajstić information content (AvgIpc) is 2.80. The van der Waals surface area contributed by atoms with Gasteiger partial charge in [0.25, 0.3) is 0 Å². The third-order valence-corrected chi connectivity index (χ3v) is 6.97. The molecule has 1 fully saturated rings. The molecule has 0 spiro atoms. The van der Waals surface area contributed by atoms with Crippen molar-refractivity contribution in [2.24, 2.45) is 0 Å². The van der Waals surface area contributed by atoms with Gasteiger partial charge in [0.2, 0.25) is 11.8 Å². The van der Waals surface area contributed by atoms with E-state index in [4.69, 9.17) is 0 Å². The molecule has 0 radical (unpaired) electrons. The Morgan fingerprint density at radius 2 is 1.70 bits per heavy atom. The zero-order valence-corrected chi connectivity index (χ0v) is 18.3. The summed E-state index contributed by atoms with van der Waals surface area (Å²) in [5.41, 5.74) is 4.45. The molecule has 0 saturated carbocycles. The number of nitrogens with one attached hydrogen (secondary N) is 1. The van der Waals surface area contributed by atoms with Crippen LogP contribution < -0.4 is 5.32 Å². The number of thioether (sulfide) groups is 1. The highest BCUT2D eigenvalue weighted by atomic mass is 32.2. The van der Waals surface area contributed by atoms with Crippen LogP contribution in [-0.4, -0.2) is 58.8 Å². The van der Waals surface area contributed by atoms with Crippen LogP contribution in [0.1, 0.15) is 23.6 Å². The largest absolute Gasteiger partial charge is 0.341 e. The fourth-order valence-corrected chi connectivity index (χ4v) is 4.97. The number of anilines is 1. The highest BCUT2D eigenvalue weighted by molar-refractivity contribution is 7.99. The molecule has 2 aromatic carbocycles. The lowest BCUT2D eigenvalue weighted by molar-refractivity contribution is -0.130. The van der Waals surface area contributed by atoms with E-state index in [1.54, 1.807) is 0 Å². The van der Waals surface area contributed by atoms with Gasteiger partial charge in [0.15, 0.2) is 0 Å². The van der Waals surface area contributed by atoms with Crippen molar-refractivity contribution in [3.05, 3.63) is 65.2 Å². The predicted octanol–water partition coefficient (Wildman–Crippen LogP) is 3.19. The average molecular weight is 424 g/mol. The number of hydrogen-bond acceptors (Lipinski definition) is 4. The molecule has 1 unspecified atom stereocenters. The minimum Gasteiger partial charge on any atom is -0.341 e. The van der Waals surface area contributed by atoms with Gasteiger partial charge in [0.1, 0.15) is 0 Å². The summed E-state index contributed by atoms with van der Waals surface area (Å²) in [5.74, 6) is 2.24. The fourth-order valence-electron chi connectivity index (χ4n) is 4.07. The molecule has 1 atom stereocenters. The van der Waals surface area contributed by atoms with Gasteiger partial charge in [-0.1, -0.05) is 36.4 Å². The first kappa shape index (κ1) is 20.9. The highest BCUT2D eigenvalue weighted by Crippen LogP contribution is 2.21. The molecule has 2 amide bonds. The second-order valence-electron chi connectivity index (χ2n) is 8.02. The summed E-state index contributed by atoms with van der Waals surface area (Å²) in [6.07, 6.45) is 1.40. The van der Waals surface area contributed by atoms with Crippen LogP contribution in [0.2, 0.25) is 0 Å². The van der Waals surface area contributed by atoms with Crippen molar-refractivity contribution in [1.29, 1.82) is 0 Å². The molecule has 1 N–H and O–H groups in total. The number of benzene rings is 2. The van der Waals surface area contributed by atoms with Gasteiger partial charge >= 0.3 is 0 Å². The first-order chi connectivity index (χ1) is 14.6. The summed E-state index contributed by atoms with van der Waals surface area (Å²) < 4.78 is 0. The molecular formula is C24H29N3O2S. The first-order valence-corrected chi connectivity index (χ1v) is 11.8. The minimum absolute atomic E-state index is 0.00373. The Hall–Kier alpha value is -2.31. The van der Waals surface area contributed by atoms with Crippen molar-refractivity contribution in [3.8, 4) is 0 Å². The van der Waals surface area contributed by atoms with E-state index in [2.05, 4.69) is 34.5 Å². The Labute approximate surface area is 182 Å². The van der Waals surface area contributed by atoms with Gasteiger partial charge in [-0.2, -0.15) is 11.8 Å². The number of carbonyl (C=O) groups excluding carboxylic acids is 2. The van der Waals surface area contributed by atoms with Gasteiger partial charge in [-0.25, -0.2) is 0 Å². The monoisotopic (exact) mass is 423 g/mol. The molecule has 0 bridgehead atoms. The van der Waals surface area contributed by atoms with Crippen molar-refractivity contribution in [2.75, 3.05) is 36.5 Å². The summed E-state index contributed by atoms with van der Waals surface area (Å²) in [5, 5.41) is 3.03. The van der Waals surface area contributed by atoms with Crippen molar-refractivity contribution in [3.63, 3.8) is 0 Å². The van der Waals surface area contributed by atoms with Crippen molar-refractivity contribution >= 4 is 29.3 Å². The molecule has 2 heterocycles. The summed E-state index contributed by atoms with van der Waals surface area (Å²) >= 11 is 1.90. The zero-order chi connectivity index (χ0) is 20.9. The van der Waals surface area contributed by atoms with Gasteiger partial charge in [-0.05, 0) is 42.2 Å². The summed E-state index contributed by atoms with van der Waals surface area (Å²) in [4.78, 5) is 29.4. The Morgan fingerprint density at radius 1 is 1.00 bits per heavy atom. The van der Waals surface area contributed by atoms with Crippen molar-refractivity contribution in [2.45, 2.75) is 32.4 Å². The Balaban J connectivity index is 1.30. The Bertz CT molecular complexity index is 894. The second kappa shape index (κ2) is 9.67. The minimum atomic E-state index is -0.198. The third-order valence-electron chi connectivity index (χ3n) is 6.03. The lowest BCUT2D eigenvalue weighted by atomic mass is 9.99. The van der Waals surface area contributed by atoms with Crippen LogP contribution >= 0.6 is 11.8 Å². The van der Waals surface area contributed by atoms with Gasteiger partial charge in [-0.15, -0.1) is 0 Å². The van der Waals surface area contributed by atoms with E-state index in [9.17, 15) is 9.59 Å². The van der Waals surface area contributed by atoms with Crippen LogP contribution in [0.25, 0.3) is 0 Å². The van der Waals surface area contributed by atoms with E-state index in [1.165, 1.54) is 11.1 Å². The third kappa shape index (κ3) is 5.05. The standard InChI is InChI=1S/C24H29N3O2S/c1-18(27-11-10-20-4-2-3-5-21(20)17-27)24(29)25-22-8-6-19(7-9-22)16-23(28)26-12-14-30-15-13-26/h2-9,18H,10-17H2,1H3,(H,25,29). The van der Waals surface area contributed by atoms with Crippen molar-refractivity contribution < 1.29 is 9.59 Å². The summed E-state index contributed by atoms with van der Waals surface area (Å²) in [6, 6.07) is 15.9. The van der Waals surface area contributed by atoms with E-state index < -0.39 is 0 Å². The van der Waals surface area contributed by atoms with E-state index in [-0.39, 0.29) is 17.9 Å². The van der Waals surface area contributed by atoms with Crippen LogP contribution in [0, 0.1) is 0 Å². The van der Waals surface area contributed by atoms with E-state index in [1.807, 2.05) is 47.9 Å². The number of hydrogen-bond donors (Lipinski definition) is 1. The van der Waals surface area contributed by atoms with Crippen LogP contribution in [-0.2, 0) is 29.0 Å². The predicted molar refractivity (Wildman–Crippen MR) is 123 cm³/mol. The topological polar surface area (TPSA) is 52.7 Å². The molecule has 2 aliphatic rings. The number of nitrogens with zero attached hydrogens (tertiary/aromatic N) is 2. The maximum Gasteiger partial charge on any atom is 0.241 e. The Kier molecular flexibility index (Phi) is 6.75. The number of amides is 2. The lowest BCUT2D eigenvalue weighted by Gasteiger charge is -2.32. The molecule has 30 heavy (non-hydrogen) atoms. The van der Waals surface area contributed by atoms with Crippen LogP contribution in [0.4, 0.5) is 5.69 Å². The fraction of sp³-hybridized carbons (Fsp3) is 0.417. The molecular weight excluding hydrogens is 394 g/mol. The molecule has 1 saturated heterocycles. The zero-order valence-electron chi connectivity index (χ0n) is 17.5. The molecule has 2 aliphatic heterocycles. The highest BCUT2D eigenvalue weighted by Gasteiger charge is 2.25. The SMILES string of the molecule is CC(C(=O)Nc1ccc(CC(=O)N2CCSCC2)cc1)N1CCc2ccccc2C1. The summed E-state index contributed by atoms with van der Waals surface area (Å²) in [6.45, 7) is 5.35. The summed E-state index contributed by atoms with van der Waals surface area (Å²) in [7, 11) is 0. The molecule has 158 valence electrons. The van der Waals surface area contributed by atoms with Crippen LogP contribution in [0.15, 0.2) is 48.5 Å². The Morgan fingerprint density at radius 3 is 2.43 bits per heavy atom. The lowest BCUT2D eigenvalue weighted by Crippen LogP contribution is -2.44. The van der Waals surface area contributed by atoms with Crippen LogP contribution in [0.5, 0.6) is 0 Å². The van der Waals surface area contributed by atoms with Gasteiger partial charge in [-0.3, -0.25) is 14.5 Å². The number of rotatable bonds is 5.